The van der Waals surface area contributed by atoms with Gasteiger partial charge in [0.2, 0.25) is 5.91 Å². The van der Waals surface area contributed by atoms with Crippen LogP contribution in [0.25, 0.3) is 11.0 Å². The van der Waals surface area contributed by atoms with Crippen LogP contribution in [0.4, 0.5) is 4.79 Å². The number of ether oxygens (including phenoxy) is 2. The molecule has 2 amide bonds. The number of hydrogen-bond donors (Lipinski definition) is 2. The number of carbonyl (C=O) groups is 3. The lowest BCUT2D eigenvalue weighted by molar-refractivity contribution is -0.121. The van der Waals surface area contributed by atoms with Crippen molar-refractivity contribution in [1.82, 2.24) is 33.3 Å². The van der Waals surface area contributed by atoms with Crippen molar-refractivity contribution in [2.75, 3.05) is 59.5 Å². The number of para-hydroxylation sites is 1. The van der Waals surface area contributed by atoms with Crippen molar-refractivity contribution >= 4 is 40.5 Å². The minimum atomic E-state index is -1.15. The highest BCUT2D eigenvalue weighted by atomic mass is 32.2. The molecule has 3 fully saturated rings. The molecule has 0 bridgehead atoms. The van der Waals surface area contributed by atoms with E-state index in [0.717, 1.165) is 77.5 Å². The second-order valence-corrected chi connectivity index (χ2v) is 16.9. The normalized spacial score (nSPS) is 20.0. The molecule has 292 valence electrons. The molecular formula is C38H57N7O7S. The van der Waals surface area contributed by atoms with Gasteiger partial charge in [-0.3, -0.25) is 13.9 Å². The summed E-state index contributed by atoms with van der Waals surface area (Å²) in [7, 11) is 3.21. The first-order valence-electron chi connectivity index (χ1n) is 19.0. The molecule has 4 heterocycles. The Labute approximate surface area is 315 Å². The van der Waals surface area contributed by atoms with Gasteiger partial charge in [0.1, 0.15) is 18.5 Å². The molecule has 5 rings (SSSR count). The molecule has 1 aromatic heterocycles. The summed E-state index contributed by atoms with van der Waals surface area (Å²) in [4.78, 5) is 51.5. The Balaban J connectivity index is 1.02. The smallest absolute Gasteiger partial charge is 0.407 e. The van der Waals surface area contributed by atoms with Crippen LogP contribution in [0.15, 0.2) is 23.0 Å². The first-order valence-corrected chi connectivity index (χ1v) is 20.0. The van der Waals surface area contributed by atoms with Crippen molar-refractivity contribution in [2.24, 2.45) is 13.0 Å². The highest BCUT2D eigenvalue weighted by Gasteiger charge is 2.32. The van der Waals surface area contributed by atoms with Crippen LogP contribution >= 0.6 is 0 Å². The molecular weight excluding hydrogens is 699 g/mol. The quantitative estimate of drug-likeness (QED) is 0.249. The van der Waals surface area contributed by atoms with Crippen LogP contribution in [-0.2, 0) is 37.3 Å². The second-order valence-electron chi connectivity index (χ2n) is 15.4. The fraction of sp³-hybridized carbons (Fsp3) is 0.684. The molecule has 1 aromatic carbocycles. The van der Waals surface area contributed by atoms with E-state index < -0.39 is 28.9 Å². The number of aryl methyl sites for hydroxylation is 1. The van der Waals surface area contributed by atoms with E-state index in [1.807, 2.05) is 37.2 Å². The number of carbonyl (C=O) groups excluding carboxylic acids is 3. The number of hydrogen-bond acceptors (Lipinski definition) is 8. The van der Waals surface area contributed by atoms with Crippen molar-refractivity contribution in [1.29, 1.82) is 0 Å². The van der Waals surface area contributed by atoms with Crippen LogP contribution in [-0.4, -0.2) is 122 Å². The van der Waals surface area contributed by atoms with Gasteiger partial charge in [-0.25, -0.2) is 22.4 Å². The Morgan fingerprint density at radius 2 is 1.68 bits per heavy atom. The standard InChI is InChI=1S/C38H57N7O7S/c1-38(2,3)52-36(48)40-30-15-23-44(24-16-30)53(50)43-21-13-28(14-22-43)26-42-19-17-32(18-20-42)51-25-7-9-29-8-6-10-33-35(29)41(5)37(49)45(33)31(27-46)11-12-34(47)39-4/h6,8,10,27-28,30-32H,11-26H2,1-5H3,(H,39,47)(H,40,48). The summed E-state index contributed by atoms with van der Waals surface area (Å²) < 4.78 is 32.0. The van der Waals surface area contributed by atoms with Crippen LogP contribution in [0.2, 0.25) is 0 Å². The van der Waals surface area contributed by atoms with Crippen LogP contribution in [0.5, 0.6) is 0 Å². The Bertz CT molecular complexity index is 1720. The van der Waals surface area contributed by atoms with Gasteiger partial charge in [0.15, 0.2) is 11.2 Å². The second kappa shape index (κ2) is 18.7. The molecule has 3 saturated heterocycles. The molecule has 2 N–H and O–H groups in total. The number of amides is 2. The minimum absolute atomic E-state index is 0.0437. The van der Waals surface area contributed by atoms with Crippen LogP contribution < -0.4 is 16.3 Å². The molecule has 14 nitrogen and oxygen atoms in total. The van der Waals surface area contributed by atoms with Gasteiger partial charge in [0.25, 0.3) is 0 Å². The van der Waals surface area contributed by atoms with Crippen molar-refractivity contribution in [3.63, 3.8) is 0 Å². The van der Waals surface area contributed by atoms with Gasteiger partial charge in [-0.2, -0.15) is 0 Å². The zero-order valence-electron chi connectivity index (χ0n) is 31.9. The predicted octanol–water partition coefficient (Wildman–Crippen LogP) is 2.72. The molecule has 3 aliphatic rings. The van der Waals surface area contributed by atoms with E-state index >= 15 is 0 Å². The summed E-state index contributed by atoms with van der Waals surface area (Å²) >= 11 is -1.15. The van der Waals surface area contributed by atoms with Crippen molar-refractivity contribution < 1.29 is 28.1 Å². The van der Waals surface area contributed by atoms with E-state index in [0.29, 0.717) is 35.6 Å². The monoisotopic (exact) mass is 755 g/mol. The zero-order valence-corrected chi connectivity index (χ0v) is 32.8. The van der Waals surface area contributed by atoms with E-state index in [1.165, 1.54) is 9.13 Å². The maximum absolute atomic E-state index is 13.3. The van der Waals surface area contributed by atoms with Gasteiger partial charge in [-0.05, 0) is 83.8 Å². The number of rotatable bonds is 12. The van der Waals surface area contributed by atoms with Gasteiger partial charge in [-0.15, -0.1) is 0 Å². The number of imidazole rings is 1. The number of likely N-dealkylation sites (tertiary alicyclic amines) is 1. The molecule has 0 spiro atoms. The Morgan fingerprint density at radius 3 is 2.30 bits per heavy atom. The third-order valence-electron chi connectivity index (χ3n) is 10.4. The topological polar surface area (TPSA) is 147 Å². The van der Waals surface area contributed by atoms with Crippen LogP contribution in [0.1, 0.15) is 83.7 Å². The molecule has 53 heavy (non-hydrogen) atoms. The summed E-state index contributed by atoms with van der Waals surface area (Å²) in [5.74, 6) is 6.71. The molecule has 2 aromatic rings. The van der Waals surface area contributed by atoms with Gasteiger partial charge in [0.05, 0.1) is 28.7 Å². The average Bonchev–Trinajstić information content (AvgIpc) is 3.39. The van der Waals surface area contributed by atoms with E-state index in [-0.39, 0.29) is 43.2 Å². The highest BCUT2D eigenvalue weighted by Crippen LogP contribution is 2.25. The van der Waals surface area contributed by atoms with Gasteiger partial charge < -0.3 is 29.8 Å². The molecule has 2 atom stereocenters. The molecule has 15 heteroatoms. The fourth-order valence-corrected chi connectivity index (χ4v) is 8.85. The molecule has 0 radical (unpaired) electrons. The largest absolute Gasteiger partial charge is 0.444 e. The number of benzene rings is 1. The number of fused-ring (bicyclic) bond motifs is 1. The lowest BCUT2D eigenvalue weighted by atomic mass is 9.96. The number of alkyl carbamates (subject to hydrolysis) is 1. The van der Waals surface area contributed by atoms with Crippen molar-refractivity contribution in [2.45, 2.75) is 95.9 Å². The Kier molecular flexibility index (Phi) is 14.3. The average molecular weight is 756 g/mol. The first kappa shape index (κ1) is 40.6. The highest BCUT2D eigenvalue weighted by molar-refractivity contribution is 7.80. The Hall–Kier alpha value is -3.55. The Morgan fingerprint density at radius 1 is 1.02 bits per heavy atom. The first-order chi connectivity index (χ1) is 25.4. The summed E-state index contributed by atoms with van der Waals surface area (Å²) in [5, 5.41) is 5.51. The predicted molar refractivity (Wildman–Crippen MR) is 204 cm³/mol. The lowest BCUT2D eigenvalue weighted by Gasteiger charge is -2.39. The summed E-state index contributed by atoms with van der Waals surface area (Å²) in [6, 6.07) is 4.77. The van der Waals surface area contributed by atoms with Crippen LogP contribution in [0.3, 0.4) is 0 Å². The molecule has 2 unspecified atom stereocenters. The fourth-order valence-electron chi connectivity index (χ4n) is 7.48. The maximum atomic E-state index is 13.3. The van der Waals surface area contributed by atoms with Crippen molar-refractivity contribution in [3.05, 3.63) is 34.2 Å². The van der Waals surface area contributed by atoms with E-state index in [1.54, 1.807) is 20.2 Å². The third-order valence-corrected chi connectivity index (χ3v) is 12.0. The minimum Gasteiger partial charge on any atom is -0.444 e. The van der Waals surface area contributed by atoms with Gasteiger partial charge in [-0.1, -0.05) is 17.9 Å². The van der Waals surface area contributed by atoms with E-state index in [9.17, 15) is 23.4 Å². The lowest BCUT2D eigenvalue weighted by Crippen LogP contribution is -2.50. The molecule has 0 saturated carbocycles. The third kappa shape index (κ3) is 11.0. The number of nitrogens with zero attached hydrogens (tertiary/aromatic N) is 5. The summed E-state index contributed by atoms with van der Waals surface area (Å²) in [6.07, 6.45) is 6.30. The SMILES string of the molecule is CNC(=O)CCC(C=O)n1c(=O)n(C)c2c(C#CCOC3CCN(CC4CCN(S(=O)N5CCC(NC(=O)OC(C)(C)C)CC5)CC4)CC3)cccc21. The number of nitrogens with one attached hydrogen (secondary N) is 2. The van der Waals surface area contributed by atoms with E-state index in [2.05, 4.69) is 31.7 Å². The number of aromatic nitrogens is 2. The summed E-state index contributed by atoms with van der Waals surface area (Å²) in [6.45, 7) is 11.9. The number of aldehydes is 1. The maximum Gasteiger partial charge on any atom is 0.407 e. The van der Waals surface area contributed by atoms with Gasteiger partial charge in [0, 0.05) is 72.4 Å². The van der Waals surface area contributed by atoms with Gasteiger partial charge >= 0.3 is 11.8 Å². The number of piperidine rings is 3. The van der Waals surface area contributed by atoms with Crippen molar-refractivity contribution in [3.8, 4) is 11.8 Å². The molecule has 3 aliphatic heterocycles. The van der Waals surface area contributed by atoms with Crippen LogP contribution in [0, 0.1) is 17.8 Å². The zero-order chi connectivity index (χ0) is 38.1. The van der Waals surface area contributed by atoms with E-state index in [4.69, 9.17) is 9.47 Å². The summed E-state index contributed by atoms with van der Waals surface area (Å²) in [5.41, 5.74) is 1.09. The molecule has 0 aliphatic carbocycles.